The Morgan fingerprint density at radius 1 is 1.25 bits per heavy atom. The van der Waals surface area contributed by atoms with Gasteiger partial charge in [0, 0.05) is 4.47 Å². The fourth-order valence-corrected chi connectivity index (χ4v) is 3.39. The summed E-state index contributed by atoms with van der Waals surface area (Å²) in [6, 6.07) is 7.06. The molecule has 1 aliphatic rings. The molecule has 1 nitrogen and oxygen atoms in total. The molecule has 1 atom stereocenters. The van der Waals surface area contributed by atoms with Gasteiger partial charge in [-0.2, -0.15) is 0 Å². The lowest BCUT2D eigenvalue weighted by atomic mass is 9.94. The number of aryl methyl sites for hydroxylation is 1. The molecule has 2 heteroatoms. The summed E-state index contributed by atoms with van der Waals surface area (Å²) in [4.78, 5) is 0. The van der Waals surface area contributed by atoms with Gasteiger partial charge in [-0.05, 0) is 57.2 Å². The van der Waals surface area contributed by atoms with Crippen molar-refractivity contribution < 1.29 is 0 Å². The van der Waals surface area contributed by atoms with Crippen molar-refractivity contribution in [1.29, 1.82) is 0 Å². The SMILES string of the molecule is CCCNC(C1=CCCCCC1)c1cc(C)ccc1Br. The van der Waals surface area contributed by atoms with Crippen LogP contribution in [0.3, 0.4) is 0 Å². The number of hydrogen-bond acceptors (Lipinski definition) is 1. The van der Waals surface area contributed by atoms with Crippen LogP contribution in [0, 0.1) is 6.92 Å². The molecule has 1 unspecified atom stereocenters. The zero-order valence-corrected chi connectivity index (χ0v) is 14.3. The third kappa shape index (κ3) is 4.20. The molecule has 0 spiro atoms. The van der Waals surface area contributed by atoms with E-state index in [0.29, 0.717) is 6.04 Å². The van der Waals surface area contributed by atoms with E-state index in [-0.39, 0.29) is 0 Å². The Kier molecular flexibility index (Phi) is 6.31. The molecule has 0 saturated carbocycles. The van der Waals surface area contributed by atoms with E-state index < -0.39 is 0 Å². The predicted octanol–water partition coefficient (Wildman–Crippen LogP) is 5.69. The Bertz CT molecular complexity index is 464. The first-order valence-electron chi connectivity index (χ1n) is 7.90. The van der Waals surface area contributed by atoms with Crippen LogP contribution in [0.25, 0.3) is 0 Å². The van der Waals surface area contributed by atoms with Crippen LogP contribution in [-0.2, 0) is 0 Å². The molecule has 0 aromatic heterocycles. The van der Waals surface area contributed by atoms with Crippen molar-refractivity contribution in [2.45, 2.75) is 58.4 Å². The second kappa shape index (κ2) is 7.99. The number of rotatable bonds is 5. The maximum absolute atomic E-state index is 3.75. The minimum Gasteiger partial charge on any atom is -0.306 e. The summed E-state index contributed by atoms with van der Waals surface area (Å²) in [6.45, 7) is 5.48. The molecule has 0 radical (unpaired) electrons. The Morgan fingerprint density at radius 2 is 2.10 bits per heavy atom. The molecule has 0 saturated heterocycles. The van der Waals surface area contributed by atoms with Crippen LogP contribution in [0.2, 0.25) is 0 Å². The van der Waals surface area contributed by atoms with Crippen molar-refractivity contribution >= 4 is 15.9 Å². The van der Waals surface area contributed by atoms with Gasteiger partial charge in [-0.15, -0.1) is 0 Å². The first-order chi connectivity index (χ1) is 9.72. The second-order valence-corrected chi connectivity index (χ2v) is 6.64. The van der Waals surface area contributed by atoms with E-state index in [0.717, 1.165) is 6.54 Å². The highest BCUT2D eigenvalue weighted by Gasteiger charge is 2.19. The molecule has 0 heterocycles. The number of benzene rings is 1. The van der Waals surface area contributed by atoms with Gasteiger partial charge < -0.3 is 5.32 Å². The van der Waals surface area contributed by atoms with Crippen molar-refractivity contribution in [2.75, 3.05) is 6.54 Å². The average Bonchev–Trinajstić information content (AvgIpc) is 2.72. The molecule has 20 heavy (non-hydrogen) atoms. The van der Waals surface area contributed by atoms with E-state index in [1.165, 1.54) is 54.1 Å². The van der Waals surface area contributed by atoms with Gasteiger partial charge in [0.2, 0.25) is 0 Å². The van der Waals surface area contributed by atoms with Crippen LogP contribution in [0.5, 0.6) is 0 Å². The third-order valence-electron chi connectivity index (χ3n) is 4.01. The van der Waals surface area contributed by atoms with E-state index in [2.05, 4.69) is 59.4 Å². The normalized spacial score (nSPS) is 17.4. The van der Waals surface area contributed by atoms with Crippen LogP contribution in [-0.4, -0.2) is 6.54 Å². The molecule has 1 aliphatic carbocycles. The van der Waals surface area contributed by atoms with Crippen molar-refractivity contribution in [3.05, 3.63) is 45.4 Å². The van der Waals surface area contributed by atoms with Gasteiger partial charge in [0.1, 0.15) is 0 Å². The third-order valence-corrected chi connectivity index (χ3v) is 4.73. The Hall–Kier alpha value is -0.600. The van der Waals surface area contributed by atoms with E-state index >= 15 is 0 Å². The van der Waals surface area contributed by atoms with E-state index in [1.807, 2.05) is 0 Å². The van der Waals surface area contributed by atoms with Gasteiger partial charge in [0.05, 0.1) is 6.04 Å². The lowest BCUT2D eigenvalue weighted by Crippen LogP contribution is -2.24. The molecule has 1 aromatic rings. The highest BCUT2D eigenvalue weighted by Crippen LogP contribution is 2.33. The van der Waals surface area contributed by atoms with Gasteiger partial charge in [0.15, 0.2) is 0 Å². The zero-order chi connectivity index (χ0) is 14.4. The first kappa shape index (κ1) is 15.8. The molecule has 0 bridgehead atoms. The Balaban J connectivity index is 2.30. The van der Waals surface area contributed by atoms with Crippen LogP contribution in [0.15, 0.2) is 34.3 Å². The van der Waals surface area contributed by atoms with E-state index in [4.69, 9.17) is 0 Å². The minimum absolute atomic E-state index is 0.377. The quantitative estimate of drug-likeness (QED) is 0.681. The molecule has 110 valence electrons. The number of hydrogen-bond donors (Lipinski definition) is 1. The minimum atomic E-state index is 0.377. The standard InChI is InChI=1S/C18H26BrN/c1-3-12-20-18(15-8-6-4-5-7-9-15)16-13-14(2)10-11-17(16)19/h8,10-11,13,18,20H,3-7,9,12H2,1-2H3. The number of halogens is 1. The monoisotopic (exact) mass is 335 g/mol. The molecule has 0 fully saturated rings. The molecule has 0 amide bonds. The molecular weight excluding hydrogens is 310 g/mol. The molecule has 0 aliphatic heterocycles. The summed E-state index contributed by atoms with van der Waals surface area (Å²) in [5.74, 6) is 0. The predicted molar refractivity (Wildman–Crippen MR) is 91.1 cm³/mol. The summed E-state index contributed by atoms with van der Waals surface area (Å²) in [5, 5.41) is 3.75. The number of nitrogens with one attached hydrogen (secondary N) is 1. The van der Waals surface area contributed by atoms with Crippen molar-refractivity contribution in [3.63, 3.8) is 0 Å². The van der Waals surface area contributed by atoms with Crippen molar-refractivity contribution in [3.8, 4) is 0 Å². The van der Waals surface area contributed by atoms with Crippen molar-refractivity contribution in [1.82, 2.24) is 5.32 Å². The Labute approximate surface area is 132 Å². The Morgan fingerprint density at radius 3 is 2.90 bits per heavy atom. The first-order valence-corrected chi connectivity index (χ1v) is 8.70. The van der Waals surface area contributed by atoms with Crippen LogP contribution >= 0.6 is 15.9 Å². The van der Waals surface area contributed by atoms with Gasteiger partial charge in [-0.3, -0.25) is 0 Å². The largest absolute Gasteiger partial charge is 0.306 e. The van der Waals surface area contributed by atoms with Crippen LogP contribution < -0.4 is 5.32 Å². The van der Waals surface area contributed by atoms with Crippen LogP contribution in [0.1, 0.15) is 62.6 Å². The maximum Gasteiger partial charge on any atom is 0.0547 e. The topological polar surface area (TPSA) is 12.0 Å². The van der Waals surface area contributed by atoms with Gasteiger partial charge in [-0.25, -0.2) is 0 Å². The maximum atomic E-state index is 3.75. The van der Waals surface area contributed by atoms with Gasteiger partial charge in [-0.1, -0.05) is 58.6 Å². The fraction of sp³-hybridized carbons (Fsp3) is 0.556. The van der Waals surface area contributed by atoms with Gasteiger partial charge >= 0.3 is 0 Å². The molecule has 1 N–H and O–H groups in total. The highest BCUT2D eigenvalue weighted by atomic mass is 79.9. The average molecular weight is 336 g/mol. The van der Waals surface area contributed by atoms with Crippen LogP contribution in [0.4, 0.5) is 0 Å². The smallest absolute Gasteiger partial charge is 0.0547 e. The summed E-state index contributed by atoms with van der Waals surface area (Å²) < 4.78 is 1.22. The summed E-state index contributed by atoms with van der Waals surface area (Å²) in [6.07, 6.45) is 10.2. The molecule has 1 aromatic carbocycles. The fourth-order valence-electron chi connectivity index (χ4n) is 2.92. The summed E-state index contributed by atoms with van der Waals surface area (Å²) in [7, 11) is 0. The molecular formula is C18H26BrN. The highest BCUT2D eigenvalue weighted by molar-refractivity contribution is 9.10. The lowest BCUT2D eigenvalue weighted by molar-refractivity contribution is 0.565. The second-order valence-electron chi connectivity index (χ2n) is 5.79. The molecule has 2 rings (SSSR count). The van der Waals surface area contributed by atoms with E-state index in [9.17, 15) is 0 Å². The van der Waals surface area contributed by atoms with E-state index in [1.54, 1.807) is 5.57 Å². The van der Waals surface area contributed by atoms with Crippen molar-refractivity contribution in [2.24, 2.45) is 0 Å². The zero-order valence-electron chi connectivity index (χ0n) is 12.7. The van der Waals surface area contributed by atoms with Gasteiger partial charge in [0.25, 0.3) is 0 Å². The summed E-state index contributed by atoms with van der Waals surface area (Å²) >= 11 is 3.74. The number of allylic oxidation sites excluding steroid dienone is 1. The summed E-state index contributed by atoms with van der Waals surface area (Å²) in [5.41, 5.74) is 4.31. The lowest BCUT2D eigenvalue weighted by Gasteiger charge is -2.24.